The second-order valence-electron chi connectivity index (χ2n) is 7.50. The van der Waals surface area contributed by atoms with Crippen molar-refractivity contribution >= 4 is 5.76 Å². The Bertz CT molecular complexity index is 1250. The molecule has 0 spiro atoms. The molecule has 1 unspecified atom stereocenters. The molecule has 0 fully saturated rings. The summed E-state index contributed by atoms with van der Waals surface area (Å²) in [4.78, 5) is 0. The van der Waals surface area contributed by atoms with Gasteiger partial charge in [0.2, 0.25) is 5.88 Å². The van der Waals surface area contributed by atoms with E-state index in [0.717, 1.165) is 28.0 Å². The van der Waals surface area contributed by atoms with E-state index in [1.165, 1.54) is 11.1 Å². The minimum absolute atomic E-state index is 0.154. The van der Waals surface area contributed by atoms with Gasteiger partial charge in [-0.15, -0.1) is 0 Å². The van der Waals surface area contributed by atoms with Gasteiger partial charge in [-0.25, -0.2) is 0 Å². The normalized spacial score (nSPS) is 17.4. The van der Waals surface area contributed by atoms with Crippen molar-refractivity contribution in [2.75, 3.05) is 6.61 Å². The summed E-state index contributed by atoms with van der Waals surface area (Å²) in [6.45, 7) is 2.46. The van der Waals surface area contributed by atoms with Crippen LogP contribution in [0.15, 0.2) is 89.8 Å². The summed E-state index contributed by atoms with van der Waals surface area (Å²) >= 11 is 0. The third-order valence-corrected chi connectivity index (χ3v) is 5.74. The molecule has 0 aliphatic carbocycles. The molecule has 5 rings (SSSR count). The summed E-state index contributed by atoms with van der Waals surface area (Å²) < 4.78 is 11.9. The summed E-state index contributed by atoms with van der Waals surface area (Å²) in [7, 11) is 0. The highest BCUT2D eigenvalue weighted by atomic mass is 16.5. The third kappa shape index (κ3) is 2.84. The molecule has 2 aliphatic rings. The van der Waals surface area contributed by atoms with Gasteiger partial charge < -0.3 is 15.2 Å². The van der Waals surface area contributed by atoms with E-state index in [9.17, 15) is 5.26 Å². The second-order valence-corrected chi connectivity index (χ2v) is 7.50. The Morgan fingerprint density at radius 1 is 0.933 bits per heavy atom. The Kier molecular flexibility index (Phi) is 4.30. The van der Waals surface area contributed by atoms with Crippen LogP contribution in [0.3, 0.4) is 0 Å². The minimum Gasteiger partial charge on any atom is -0.488 e. The van der Waals surface area contributed by atoms with Gasteiger partial charge in [-0.1, -0.05) is 60.7 Å². The zero-order chi connectivity index (χ0) is 20.7. The van der Waals surface area contributed by atoms with Crippen molar-refractivity contribution in [3.05, 3.63) is 107 Å². The van der Waals surface area contributed by atoms with Gasteiger partial charge in [-0.05, 0) is 41.3 Å². The topological polar surface area (TPSA) is 68.3 Å². The van der Waals surface area contributed by atoms with Crippen LogP contribution in [0, 0.1) is 18.3 Å². The van der Waals surface area contributed by atoms with Crippen LogP contribution in [0.5, 0.6) is 5.75 Å². The van der Waals surface area contributed by atoms with Crippen LogP contribution in [0.2, 0.25) is 0 Å². The number of ether oxygens (including phenoxy) is 2. The number of nitrogens with two attached hydrogens (primary N) is 1. The first-order valence-electron chi connectivity index (χ1n) is 9.86. The molecule has 146 valence electrons. The fraction of sp³-hybridized carbons (Fsp3) is 0.115. The maximum absolute atomic E-state index is 9.82. The lowest BCUT2D eigenvalue weighted by atomic mass is 9.81. The van der Waals surface area contributed by atoms with E-state index in [2.05, 4.69) is 49.4 Å². The number of benzene rings is 3. The van der Waals surface area contributed by atoms with Crippen molar-refractivity contribution in [3.8, 4) is 22.9 Å². The Morgan fingerprint density at radius 2 is 1.63 bits per heavy atom. The zero-order valence-electron chi connectivity index (χ0n) is 16.6. The predicted octanol–water partition coefficient (Wildman–Crippen LogP) is 5.27. The van der Waals surface area contributed by atoms with E-state index in [0.29, 0.717) is 17.9 Å². The van der Waals surface area contributed by atoms with Crippen LogP contribution in [-0.2, 0) is 4.74 Å². The monoisotopic (exact) mass is 392 g/mol. The van der Waals surface area contributed by atoms with E-state index >= 15 is 0 Å². The fourth-order valence-corrected chi connectivity index (χ4v) is 4.23. The first-order valence-corrected chi connectivity index (χ1v) is 9.86. The molecule has 3 aromatic carbocycles. The summed E-state index contributed by atoms with van der Waals surface area (Å²) in [5.41, 5.74) is 12.9. The van der Waals surface area contributed by atoms with Crippen molar-refractivity contribution < 1.29 is 9.47 Å². The van der Waals surface area contributed by atoms with E-state index < -0.39 is 0 Å². The molecule has 2 aliphatic heterocycles. The molecule has 0 amide bonds. The fourth-order valence-electron chi connectivity index (χ4n) is 4.23. The number of allylic oxidation sites excluding steroid dienone is 1. The van der Waals surface area contributed by atoms with Crippen molar-refractivity contribution in [2.45, 2.75) is 12.8 Å². The van der Waals surface area contributed by atoms with E-state index in [1.54, 1.807) is 0 Å². The number of para-hydroxylation sites is 1. The van der Waals surface area contributed by atoms with Gasteiger partial charge in [-0.3, -0.25) is 0 Å². The molecule has 0 aromatic heterocycles. The Hall–Kier alpha value is -3.97. The van der Waals surface area contributed by atoms with Crippen molar-refractivity contribution in [1.82, 2.24) is 0 Å². The summed E-state index contributed by atoms with van der Waals surface area (Å²) in [5, 5.41) is 9.82. The molecule has 2 heterocycles. The number of aryl methyl sites for hydroxylation is 1. The summed E-state index contributed by atoms with van der Waals surface area (Å²) in [6, 6.07) is 26.6. The zero-order valence-corrected chi connectivity index (χ0v) is 16.6. The first kappa shape index (κ1) is 18.1. The van der Waals surface area contributed by atoms with Crippen LogP contribution in [-0.4, -0.2) is 6.61 Å². The van der Waals surface area contributed by atoms with Gasteiger partial charge in [0.25, 0.3) is 0 Å². The largest absolute Gasteiger partial charge is 0.488 e. The van der Waals surface area contributed by atoms with Gasteiger partial charge in [0.05, 0.1) is 11.5 Å². The van der Waals surface area contributed by atoms with Crippen LogP contribution in [0.4, 0.5) is 0 Å². The molecular weight excluding hydrogens is 372 g/mol. The van der Waals surface area contributed by atoms with Crippen LogP contribution in [0.1, 0.15) is 22.6 Å². The van der Waals surface area contributed by atoms with Crippen molar-refractivity contribution in [2.24, 2.45) is 5.73 Å². The minimum atomic E-state index is -0.293. The second kappa shape index (κ2) is 7.13. The third-order valence-electron chi connectivity index (χ3n) is 5.74. The molecule has 4 nitrogen and oxygen atoms in total. The van der Waals surface area contributed by atoms with Gasteiger partial charge in [0, 0.05) is 5.57 Å². The smallest absolute Gasteiger partial charge is 0.205 e. The number of nitriles is 1. The highest BCUT2D eigenvalue weighted by Crippen LogP contribution is 2.46. The number of rotatable bonds is 2. The predicted molar refractivity (Wildman–Crippen MR) is 116 cm³/mol. The van der Waals surface area contributed by atoms with E-state index in [1.807, 2.05) is 36.4 Å². The van der Waals surface area contributed by atoms with Crippen LogP contribution >= 0.6 is 0 Å². The molecule has 0 radical (unpaired) electrons. The summed E-state index contributed by atoms with van der Waals surface area (Å²) in [6.07, 6.45) is 0. The Labute approximate surface area is 175 Å². The van der Waals surface area contributed by atoms with Crippen molar-refractivity contribution in [3.63, 3.8) is 0 Å². The van der Waals surface area contributed by atoms with Gasteiger partial charge >= 0.3 is 0 Å². The van der Waals surface area contributed by atoms with Crippen molar-refractivity contribution in [1.29, 1.82) is 5.26 Å². The molecule has 30 heavy (non-hydrogen) atoms. The number of fused-ring (bicyclic) bond motifs is 2. The molecule has 3 aromatic rings. The quantitative estimate of drug-likeness (QED) is 0.645. The highest BCUT2D eigenvalue weighted by Gasteiger charge is 2.36. The molecular formula is C26H20N2O2. The molecule has 0 bridgehead atoms. The SMILES string of the molecule is Cc1ccccc1-c1ccc(C2C(C#N)=C(N)OC3=C2COc2ccccc23)cc1. The molecule has 1 atom stereocenters. The van der Waals surface area contributed by atoms with Gasteiger partial charge in [0.15, 0.2) is 0 Å². The Balaban J connectivity index is 1.61. The van der Waals surface area contributed by atoms with E-state index in [-0.39, 0.29) is 11.8 Å². The van der Waals surface area contributed by atoms with E-state index in [4.69, 9.17) is 15.2 Å². The number of hydrogen-bond donors (Lipinski definition) is 1. The van der Waals surface area contributed by atoms with Crippen LogP contribution < -0.4 is 10.5 Å². The lowest BCUT2D eigenvalue weighted by molar-refractivity contribution is 0.294. The molecule has 4 heteroatoms. The highest BCUT2D eigenvalue weighted by molar-refractivity contribution is 5.76. The number of nitrogens with zero attached hydrogens (tertiary/aromatic N) is 1. The lowest BCUT2D eigenvalue weighted by Gasteiger charge is -2.33. The standard InChI is InChI=1S/C26H20N2O2/c1-16-6-2-3-7-19(16)17-10-12-18(13-11-17)24-21(14-27)26(28)30-25-20-8-4-5-9-23(20)29-15-22(24)25/h2-13,24H,15,28H2,1H3. The Morgan fingerprint density at radius 3 is 2.37 bits per heavy atom. The average Bonchev–Trinajstić information content (AvgIpc) is 2.78. The maximum Gasteiger partial charge on any atom is 0.205 e. The number of hydrogen-bond acceptors (Lipinski definition) is 4. The van der Waals surface area contributed by atoms with Gasteiger partial charge in [0.1, 0.15) is 29.8 Å². The summed E-state index contributed by atoms with van der Waals surface area (Å²) in [5.74, 6) is 1.32. The lowest BCUT2D eigenvalue weighted by Crippen LogP contribution is -2.26. The molecule has 2 N–H and O–H groups in total. The van der Waals surface area contributed by atoms with Crippen LogP contribution in [0.25, 0.3) is 16.9 Å². The first-order chi connectivity index (χ1) is 14.7. The average molecular weight is 392 g/mol. The van der Waals surface area contributed by atoms with Gasteiger partial charge in [-0.2, -0.15) is 5.26 Å². The molecule has 0 saturated heterocycles. The maximum atomic E-state index is 9.82. The molecule has 0 saturated carbocycles.